The molecular weight excluding hydrogens is 340 g/mol. The minimum absolute atomic E-state index is 0.281. The lowest BCUT2D eigenvalue weighted by molar-refractivity contribution is 0.480. The monoisotopic (exact) mass is 360 g/mol. The second-order valence-electron chi connectivity index (χ2n) is 6.39. The van der Waals surface area contributed by atoms with Gasteiger partial charge in [-0.25, -0.2) is 15.0 Å². The first-order chi connectivity index (χ1) is 13.3. The second kappa shape index (κ2) is 7.85. The van der Waals surface area contributed by atoms with Gasteiger partial charge >= 0.3 is 0 Å². The predicted molar refractivity (Wildman–Crippen MR) is 103 cm³/mol. The lowest BCUT2D eigenvalue weighted by Gasteiger charge is -2.26. The second-order valence-corrected chi connectivity index (χ2v) is 6.39. The van der Waals surface area contributed by atoms with Crippen molar-refractivity contribution in [1.82, 2.24) is 24.8 Å². The van der Waals surface area contributed by atoms with Gasteiger partial charge in [0.25, 0.3) is 0 Å². The van der Waals surface area contributed by atoms with Crippen LogP contribution in [0.5, 0.6) is 0 Å². The van der Waals surface area contributed by atoms with Crippen molar-refractivity contribution >= 4 is 17.3 Å². The predicted octanol–water partition coefficient (Wildman–Crippen LogP) is 2.44. The van der Waals surface area contributed by atoms with Gasteiger partial charge in [-0.2, -0.15) is 5.26 Å². The van der Waals surface area contributed by atoms with Crippen LogP contribution >= 0.6 is 0 Å². The van der Waals surface area contributed by atoms with Crippen molar-refractivity contribution in [3.05, 3.63) is 54.9 Å². The van der Waals surface area contributed by atoms with E-state index >= 15 is 0 Å². The average molecular weight is 360 g/mol. The van der Waals surface area contributed by atoms with Crippen molar-refractivity contribution in [2.75, 3.05) is 23.7 Å². The Morgan fingerprint density at radius 1 is 1.11 bits per heavy atom. The van der Waals surface area contributed by atoms with Crippen LogP contribution in [-0.4, -0.2) is 38.7 Å². The molecule has 0 aliphatic carbocycles. The number of aromatic nitrogens is 4. The number of nitrogens with one attached hydrogen (secondary N) is 3. The van der Waals surface area contributed by atoms with Crippen LogP contribution in [-0.2, 0) is 0 Å². The minimum atomic E-state index is 0.281. The fourth-order valence-electron chi connectivity index (χ4n) is 3.11. The van der Waals surface area contributed by atoms with E-state index in [0.717, 1.165) is 37.3 Å². The van der Waals surface area contributed by atoms with Crippen LogP contribution in [0.1, 0.15) is 18.5 Å². The maximum absolute atomic E-state index is 8.83. The van der Waals surface area contributed by atoms with E-state index in [0.29, 0.717) is 17.7 Å². The first-order valence-corrected chi connectivity index (χ1v) is 8.91. The minimum Gasteiger partial charge on any atom is -0.379 e. The van der Waals surface area contributed by atoms with Crippen molar-refractivity contribution < 1.29 is 0 Å². The lowest BCUT2D eigenvalue weighted by atomic mass is 10.1. The quantitative estimate of drug-likeness (QED) is 0.642. The highest BCUT2D eigenvalue weighted by atomic mass is 15.1. The van der Waals surface area contributed by atoms with Gasteiger partial charge < -0.3 is 20.5 Å². The Balaban J connectivity index is 1.60. The third-order valence-corrected chi connectivity index (χ3v) is 4.44. The summed E-state index contributed by atoms with van der Waals surface area (Å²) in [7, 11) is 0. The fraction of sp³-hybridized carbons (Fsp3) is 0.263. The van der Waals surface area contributed by atoms with Crippen LogP contribution in [0.4, 0.5) is 17.3 Å². The molecule has 0 aromatic carbocycles. The molecule has 0 spiro atoms. The summed E-state index contributed by atoms with van der Waals surface area (Å²) in [6.45, 7) is 2.01. The van der Waals surface area contributed by atoms with Gasteiger partial charge in [-0.3, -0.25) is 0 Å². The van der Waals surface area contributed by atoms with Gasteiger partial charge in [0, 0.05) is 31.0 Å². The molecule has 1 saturated heterocycles. The number of hydrogen-bond acceptors (Lipinski definition) is 7. The third-order valence-electron chi connectivity index (χ3n) is 4.44. The van der Waals surface area contributed by atoms with Gasteiger partial charge in [0.1, 0.15) is 17.7 Å². The Labute approximate surface area is 157 Å². The molecule has 0 bridgehead atoms. The Morgan fingerprint density at radius 3 is 2.67 bits per heavy atom. The van der Waals surface area contributed by atoms with E-state index in [1.807, 2.05) is 47.4 Å². The normalized spacial score (nSPS) is 16.5. The SMILES string of the molecule is N#Cc1cnc(Nc2cc(N[C@@H]3CCCNC3)c(-n3cccc3)cn2)cn1. The Morgan fingerprint density at radius 2 is 1.96 bits per heavy atom. The van der Waals surface area contributed by atoms with E-state index in [2.05, 4.69) is 30.9 Å². The number of nitriles is 1. The topological polar surface area (TPSA) is 103 Å². The Hall–Kier alpha value is -3.44. The lowest BCUT2D eigenvalue weighted by Crippen LogP contribution is -2.38. The summed E-state index contributed by atoms with van der Waals surface area (Å²) >= 11 is 0. The zero-order valence-electron chi connectivity index (χ0n) is 14.8. The van der Waals surface area contributed by atoms with E-state index in [1.165, 1.54) is 12.4 Å². The molecule has 1 aliphatic rings. The molecule has 0 radical (unpaired) electrons. The van der Waals surface area contributed by atoms with Gasteiger partial charge in [-0.1, -0.05) is 0 Å². The third kappa shape index (κ3) is 4.04. The van der Waals surface area contributed by atoms with E-state index < -0.39 is 0 Å². The van der Waals surface area contributed by atoms with Crippen molar-refractivity contribution in [2.24, 2.45) is 0 Å². The van der Waals surface area contributed by atoms with Crippen molar-refractivity contribution in [3.63, 3.8) is 0 Å². The summed E-state index contributed by atoms with van der Waals surface area (Å²) < 4.78 is 2.04. The van der Waals surface area contributed by atoms with Crippen molar-refractivity contribution in [2.45, 2.75) is 18.9 Å². The van der Waals surface area contributed by atoms with Crippen LogP contribution in [0, 0.1) is 11.3 Å². The molecule has 27 heavy (non-hydrogen) atoms. The highest BCUT2D eigenvalue weighted by Gasteiger charge is 2.16. The van der Waals surface area contributed by atoms with E-state index in [4.69, 9.17) is 5.26 Å². The van der Waals surface area contributed by atoms with Crippen LogP contribution in [0.3, 0.4) is 0 Å². The molecule has 1 aliphatic heterocycles. The van der Waals surface area contributed by atoms with E-state index in [1.54, 1.807) is 0 Å². The molecule has 3 aromatic heterocycles. The number of anilines is 3. The number of hydrogen-bond donors (Lipinski definition) is 3. The van der Waals surface area contributed by atoms with Gasteiger partial charge in [-0.15, -0.1) is 0 Å². The summed E-state index contributed by atoms with van der Waals surface area (Å²) in [6.07, 6.45) is 11.1. The molecule has 0 saturated carbocycles. The van der Waals surface area contributed by atoms with Gasteiger partial charge in [0.15, 0.2) is 5.69 Å². The van der Waals surface area contributed by atoms with Crippen LogP contribution in [0.25, 0.3) is 5.69 Å². The van der Waals surface area contributed by atoms with Gasteiger partial charge in [0.05, 0.1) is 30.0 Å². The highest BCUT2D eigenvalue weighted by Crippen LogP contribution is 2.25. The van der Waals surface area contributed by atoms with Crippen molar-refractivity contribution in [3.8, 4) is 11.8 Å². The molecule has 4 rings (SSSR count). The first kappa shape index (κ1) is 17.0. The molecule has 3 aromatic rings. The molecule has 8 heteroatoms. The number of piperidine rings is 1. The summed E-state index contributed by atoms with van der Waals surface area (Å²) in [6, 6.07) is 8.29. The molecule has 1 fully saturated rings. The molecule has 1 atom stereocenters. The summed E-state index contributed by atoms with van der Waals surface area (Å²) in [5, 5.41) is 19.0. The van der Waals surface area contributed by atoms with Crippen LogP contribution in [0.15, 0.2) is 49.2 Å². The zero-order valence-corrected chi connectivity index (χ0v) is 14.8. The fourth-order valence-corrected chi connectivity index (χ4v) is 3.11. The largest absolute Gasteiger partial charge is 0.379 e. The van der Waals surface area contributed by atoms with E-state index in [9.17, 15) is 0 Å². The summed E-state index contributed by atoms with van der Waals surface area (Å²) in [4.78, 5) is 12.7. The molecule has 8 nitrogen and oxygen atoms in total. The number of pyridine rings is 1. The zero-order chi connectivity index (χ0) is 18.5. The summed E-state index contributed by atoms with van der Waals surface area (Å²) in [5.74, 6) is 1.21. The number of rotatable bonds is 5. The Kier molecular flexibility index (Phi) is 4.94. The molecule has 0 unspecified atom stereocenters. The number of nitrogens with zero attached hydrogens (tertiary/aromatic N) is 5. The molecule has 0 amide bonds. The maximum atomic E-state index is 8.83. The van der Waals surface area contributed by atoms with Crippen molar-refractivity contribution in [1.29, 1.82) is 5.26 Å². The van der Waals surface area contributed by atoms with Gasteiger partial charge in [-0.05, 0) is 31.5 Å². The Bertz CT molecular complexity index is 921. The molecule has 136 valence electrons. The van der Waals surface area contributed by atoms with Crippen LogP contribution in [0.2, 0.25) is 0 Å². The highest BCUT2D eigenvalue weighted by molar-refractivity contribution is 5.67. The average Bonchev–Trinajstić information content (AvgIpc) is 3.24. The maximum Gasteiger partial charge on any atom is 0.158 e. The standard InChI is InChI=1S/C19H20N8/c20-9-15-11-23-19(13-22-15)26-18-8-16(25-14-4-3-5-21-10-14)17(12-24-18)27-6-1-2-7-27/h1-2,6-8,11-14,21H,3-5,10H2,(H2,23,24,25,26)/t14-/m1/s1. The first-order valence-electron chi connectivity index (χ1n) is 8.91. The molecule has 4 heterocycles. The molecular formula is C19H20N8. The van der Waals surface area contributed by atoms with Crippen LogP contribution < -0.4 is 16.0 Å². The van der Waals surface area contributed by atoms with E-state index in [-0.39, 0.29) is 5.69 Å². The smallest absolute Gasteiger partial charge is 0.158 e. The summed E-state index contributed by atoms with van der Waals surface area (Å²) in [5.41, 5.74) is 2.27. The molecule has 3 N–H and O–H groups in total. The van der Waals surface area contributed by atoms with Gasteiger partial charge in [0.2, 0.25) is 0 Å².